The number of hydrogen-bond donors (Lipinski definition) is 1. The van der Waals surface area contributed by atoms with Gasteiger partial charge in [-0.05, 0) is 42.3 Å². The van der Waals surface area contributed by atoms with Crippen molar-refractivity contribution in [2.45, 2.75) is 13.0 Å². The minimum Gasteiger partial charge on any atom is -0.497 e. The van der Waals surface area contributed by atoms with Gasteiger partial charge in [0.25, 0.3) is 0 Å². The average Bonchev–Trinajstić information content (AvgIpc) is 3.11. The minimum atomic E-state index is -0.934. The van der Waals surface area contributed by atoms with E-state index in [1.807, 2.05) is 54.6 Å². The number of hydrogen-bond acceptors (Lipinski definition) is 3. The van der Waals surface area contributed by atoms with Gasteiger partial charge in [-0.2, -0.15) is 0 Å². The second kappa shape index (κ2) is 7.56. The van der Waals surface area contributed by atoms with Crippen molar-refractivity contribution >= 4 is 17.0 Å². The van der Waals surface area contributed by atoms with Crippen molar-refractivity contribution in [2.75, 3.05) is 7.11 Å². The lowest BCUT2D eigenvalue weighted by Gasteiger charge is -2.12. The molecule has 4 aromatic rings. The van der Waals surface area contributed by atoms with E-state index in [9.17, 15) is 9.90 Å². The molecule has 0 radical (unpaired) electrons. The number of rotatable bonds is 6. The molecule has 1 heterocycles. The number of methoxy groups -OCH3 is 1. The highest BCUT2D eigenvalue weighted by atomic mass is 16.5. The normalized spacial score (nSPS) is 10.9. The van der Waals surface area contributed by atoms with E-state index in [1.165, 1.54) is 0 Å². The number of carboxylic acid groups (broad SMARTS) is 1. The molecule has 0 fully saturated rings. The van der Waals surface area contributed by atoms with Crippen molar-refractivity contribution in [2.24, 2.45) is 0 Å². The number of aryl methyl sites for hydroxylation is 2. The van der Waals surface area contributed by atoms with Gasteiger partial charge in [0.1, 0.15) is 11.6 Å². The molecule has 0 saturated carbocycles. The Morgan fingerprint density at radius 3 is 2.54 bits per heavy atom. The highest BCUT2D eigenvalue weighted by Gasteiger charge is 2.15. The molecule has 140 valence electrons. The SMILES string of the molecule is COc1ccc(C(=O)O)c(CCn2c(-c3ccccc3)nc3ccccc32)c1. The fraction of sp³-hybridized carbons (Fsp3) is 0.130. The lowest BCUT2D eigenvalue weighted by Crippen LogP contribution is -2.08. The number of imidazole rings is 1. The number of nitrogens with zero attached hydrogens (tertiary/aromatic N) is 2. The molecule has 1 aromatic heterocycles. The van der Waals surface area contributed by atoms with Gasteiger partial charge >= 0.3 is 5.97 Å². The largest absolute Gasteiger partial charge is 0.497 e. The second-order valence-electron chi connectivity index (χ2n) is 6.52. The Labute approximate surface area is 162 Å². The highest BCUT2D eigenvalue weighted by molar-refractivity contribution is 5.89. The van der Waals surface area contributed by atoms with Gasteiger partial charge in [0.15, 0.2) is 0 Å². The van der Waals surface area contributed by atoms with Crippen LogP contribution in [-0.4, -0.2) is 27.7 Å². The standard InChI is InChI=1S/C23H20N2O3/c1-28-18-11-12-19(23(26)27)17(15-18)13-14-25-21-10-6-5-9-20(21)24-22(25)16-7-3-2-4-8-16/h2-12,15H,13-14H2,1H3,(H,26,27). The second-order valence-corrected chi connectivity index (χ2v) is 6.52. The van der Waals surface area contributed by atoms with Crippen LogP contribution in [0.5, 0.6) is 5.75 Å². The molecular formula is C23H20N2O3. The zero-order chi connectivity index (χ0) is 19.5. The van der Waals surface area contributed by atoms with Gasteiger partial charge in [0.05, 0.1) is 23.7 Å². The first kappa shape index (κ1) is 17.8. The molecule has 4 rings (SSSR count). The van der Waals surface area contributed by atoms with Crippen LogP contribution in [0.25, 0.3) is 22.4 Å². The van der Waals surface area contributed by atoms with E-state index in [2.05, 4.69) is 4.57 Å². The van der Waals surface area contributed by atoms with Crippen molar-refractivity contribution in [3.63, 3.8) is 0 Å². The van der Waals surface area contributed by atoms with Gasteiger partial charge in [-0.25, -0.2) is 9.78 Å². The van der Waals surface area contributed by atoms with Crippen LogP contribution in [0.15, 0.2) is 72.8 Å². The number of fused-ring (bicyclic) bond motifs is 1. The number of aromatic nitrogens is 2. The van der Waals surface area contributed by atoms with Crippen molar-refractivity contribution in [3.05, 3.63) is 83.9 Å². The fourth-order valence-corrected chi connectivity index (χ4v) is 3.45. The first-order valence-electron chi connectivity index (χ1n) is 9.08. The van der Waals surface area contributed by atoms with Gasteiger partial charge in [-0.1, -0.05) is 42.5 Å². The zero-order valence-electron chi connectivity index (χ0n) is 15.5. The molecule has 0 spiro atoms. The van der Waals surface area contributed by atoms with Gasteiger partial charge in [0.2, 0.25) is 0 Å². The molecule has 0 aliphatic heterocycles. The molecule has 0 bridgehead atoms. The van der Waals surface area contributed by atoms with Crippen LogP contribution in [0.4, 0.5) is 0 Å². The summed E-state index contributed by atoms with van der Waals surface area (Å²) in [5.74, 6) is 0.594. The molecule has 0 aliphatic carbocycles. The molecule has 0 unspecified atom stereocenters. The number of aromatic carboxylic acids is 1. The van der Waals surface area contributed by atoms with Gasteiger partial charge in [-0.3, -0.25) is 0 Å². The Morgan fingerprint density at radius 1 is 1.04 bits per heavy atom. The Hall–Kier alpha value is -3.60. The molecule has 3 aromatic carbocycles. The van der Waals surface area contributed by atoms with E-state index in [0.29, 0.717) is 24.3 Å². The third kappa shape index (κ3) is 3.34. The monoisotopic (exact) mass is 372 g/mol. The Balaban J connectivity index is 1.76. The van der Waals surface area contributed by atoms with Crippen LogP contribution in [0.1, 0.15) is 15.9 Å². The van der Waals surface area contributed by atoms with Gasteiger partial charge in [-0.15, -0.1) is 0 Å². The maximum absolute atomic E-state index is 11.6. The van der Waals surface area contributed by atoms with Crippen LogP contribution in [0, 0.1) is 0 Å². The smallest absolute Gasteiger partial charge is 0.335 e. The Bertz CT molecular complexity index is 1130. The van der Waals surface area contributed by atoms with Crippen LogP contribution in [0.3, 0.4) is 0 Å². The molecule has 5 heteroatoms. The number of ether oxygens (including phenoxy) is 1. The van der Waals surface area contributed by atoms with Crippen molar-refractivity contribution in [3.8, 4) is 17.1 Å². The minimum absolute atomic E-state index is 0.298. The summed E-state index contributed by atoms with van der Waals surface area (Å²) in [6.45, 7) is 0.609. The third-order valence-electron chi connectivity index (χ3n) is 4.83. The number of para-hydroxylation sites is 2. The summed E-state index contributed by atoms with van der Waals surface area (Å²) < 4.78 is 7.43. The quantitative estimate of drug-likeness (QED) is 0.535. The summed E-state index contributed by atoms with van der Waals surface area (Å²) in [6.07, 6.45) is 0.555. The van der Waals surface area contributed by atoms with E-state index in [0.717, 1.165) is 28.0 Å². The molecule has 0 atom stereocenters. The average molecular weight is 372 g/mol. The maximum Gasteiger partial charge on any atom is 0.335 e. The fourth-order valence-electron chi connectivity index (χ4n) is 3.45. The summed E-state index contributed by atoms with van der Waals surface area (Å²) >= 11 is 0. The molecule has 0 aliphatic rings. The highest BCUT2D eigenvalue weighted by Crippen LogP contribution is 2.26. The summed E-state index contributed by atoms with van der Waals surface area (Å²) in [5.41, 5.74) is 4.02. The van der Waals surface area contributed by atoms with Crippen LogP contribution in [0.2, 0.25) is 0 Å². The number of benzene rings is 3. The van der Waals surface area contributed by atoms with Crippen LogP contribution < -0.4 is 4.74 Å². The number of carbonyl (C=O) groups is 1. The first-order valence-corrected chi connectivity index (χ1v) is 9.08. The van der Waals surface area contributed by atoms with Gasteiger partial charge < -0.3 is 14.4 Å². The first-order chi connectivity index (χ1) is 13.7. The zero-order valence-corrected chi connectivity index (χ0v) is 15.5. The van der Waals surface area contributed by atoms with E-state index in [4.69, 9.17) is 9.72 Å². The molecule has 5 nitrogen and oxygen atoms in total. The maximum atomic E-state index is 11.6. The van der Waals surface area contributed by atoms with Crippen LogP contribution in [-0.2, 0) is 13.0 Å². The Morgan fingerprint density at radius 2 is 1.79 bits per heavy atom. The predicted molar refractivity (Wildman–Crippen MR) is 109 cm³/mol. The summed E-state index contributed by atoms with van der Waals surface area (Å²) in [4.78, 5) is 16.4. The number of carboxylic acids is 1. The predicted octanol–water partition coefficient (Wildman–Crippen LogP) is 4.65. The molecule has 1 N–H and O–H groups in total. The van der Waals surface area contributed by atoms with E-state index in [1.54, 1.807) is 25.3 Å². The van der Waals surface area contributed by atoms with E-state index in [-0.39, 0.29) is 0 Å². The third-order valence-corrected chi connectivity index (χ3v) is 4.83. The Kier molecular flexibility index (Phi) is 4.81. The lowest BCUT2D eigenvalue weighted by atomic mass is 10.0. The van der Waals surface area contributed by atoms with E-state index < -0.39 is 5.97 Å². The van der Waals surface area contributed by atoms with E-state index >= 15 is 0 Å². The van der Waals surface area contributed by atoms with Crippen molar-refractivity contribution in [1.82, 2.24) is 9.55 Å². The van der Waals surface area contributed by atoms with Crippen molar-refractivity contribution in [1.29, 1.82) is 0 Å². The molecule has 28 heavy (non-hydrogen) atoms. The van der Waals surface area contributed by atoms with Crippen LogP contribution >= 0.6 is 0 Å². The molecule has 0 amide bonds. The lowest BCUT2D eigenvalue weighted by molar-refractivity contribution is 0.0695. The summed E-state index contributed by atoms with van der Waals surface area (Å²) in [5, 5.41) is 9.53. The molecule has 0 saturated heterocycles. The van der Waals surface area contributed by atoms with Gasteiger partial charge in [0, 0.05) is 12.1 Å². The molecular weight excluding hydrogens is 352 g/mol. The van der Waals surface area contributed by atoms with Crippen molar-refractivity contribution < 1.29 is 14.6 Å². The topological polar surface area (TPSA) is 64.3 Å². The summed E-state index contributed by atoms with van der Waals surface area (Å²) in [7, 11) is 1.58. The summed E-state index contributed by atoms with van der Waals surface area (Å²) in [6, 6.07) is 23.1.